The van der Waals surface area contributed by atoms with E-state index in [-0.39, 0.29) is 12.6 Å². The predicted octanol–water partition coefficient (Wildman–Crippen LogP) is 4.99. The highest BCUT2D eigenvalue weighted by Crippen LogP contribution is 2.32. The number of rotatable bonds is 9. The van der Waals surface area contributed by atoms with Crippen molar-refractivity contribution >= 4 is 23.2 Å². The zero-order valence-electron chi connectivity index (χ0n) is 14.4. The molecule has 0 atom stereocenters. The molecule has 1 aliphatic rings. The standard InChI is InChI=1S/C20H23NO3S/c1-2-3-12-25-17-7-5-16(6-8-17)21-11-10-18(22)15-4-9-19-20(13-15)24-14-23-19/h4-9,13,21H,2-3,10-12,14H2,1H3. The molecule has 0 bridgehead atoms. The lowest BCUT2D eigenvalue weighted by Gasteiger charge is -2.08. The largest absolute Gasteiger partial charge is 0.454 e. The van der Waals surface area contributed by atoms with Gasteiger partial charge in [0.05, 0.1) is 0 Å². The molecule has 0 fully saturated rings. The third kappa shape index (κ3) is 4.92. The van der Waals surface area contributed by atoms with Crippen LogP contribution in [-0.4, -0.2) is 24.9 Å². The van der Waals surface area contributed by atoms with E-state index < -0.39 is 0 Å². The maximum absolute atomic E-state index is 12.3. The second kappa shape index (κ2) is 8.81. The van der Waals surface area contributed by atoms with Crippen LogP contribution in [0, 0.1) is 0 Å². The molecule has 1 heterocycles. The molecule has 0 spiro atoms. The summed E-state index contributed by atoms with van der Waals surface area (Å²) in [5, 5.41) is 3.31. The van der Waals surface area contributed by atoms with Crippen LogP contribution in [0.3, 0.4) is 0 Å². The molecule has 1 aliphatic heterocycles. The van der Waals surface area contributed by atoms with Crippen molar-refractivity contribution in [1.82, 2.24) is 0 Å². The van der Waals surface area contributed by atoms with Gasteiger partial charge in [-0.05, 0) is 54.6 Å². The van der Waals surface area contributed by atoms with Crippen LogP contribution in [-0.2, 0) is 0 Å². The Balaban J connectivity index is 1.45. The van der Waals surface area contributed by atoms with Gasteiger partial charge in [0.25, 0.3) is 0 Å². The van der Waals surface area contributed by atoms with Crippen LogP contribution in [0.25, 0.3) is 0 Å². The van der Waals surface area contributed by atoms with Crippen molar-refractivity contribution in [3.63, 3.8) is 0 Å². The van der Waals surface area contributed by atoms with Crippen molar-refractivity contribution in [2.24, 2.45) is 0 Å². The van der Waals surface area contributed by atoms with Gasteiger partial charge in [0.2, 0.25) is 6.79 Å². The maximum Gasteiger partial charge on any atom is 0.231 e. The molecule has 2 aromatic rings. The molecule has 0 amide bonds. The van der Waals surface area contributed by atoms with Crippen molar-refractivity contribution in [2.75, 3.05) is 24.4 Å². The number of carbonyl (C=O) groups is 1. The normalized spacial score (nSPS) is 12.2. The number of unbranched alkanes of at least 4 members (excludes halogenated alkanes) is 1. The Kier molecular flexibility index (Phi) is 6.23. The van der Waals surface area contributed by atoms with Gasteiger partial charge in [0.1, 0.15) is 0 Å². The van der Waals surface area contributed by atoms with Gasteiger partial charge in [0, 0.05) is 29.1 Å². The zero-order chi connectivity index (χ0) is 17.5. The number of Topliss-reactive ketones (excluding diaryl/α,β-unsaturated/α-hetero) is 1. The molecule has 0 saturated heterocycles. The molecule has 2 aromatic carbocycles. The lowest BCUT2D eigenvalue weighted by atomic mass is 10.1. The summed E-state index contributed by atoms with van der Waals surface area (Å²) in [6.07, 6.45) is 2.91. The molecular weight excluding hydrogens is 334 g/mol. The van der Waals surface area contributed by atoms with E-state index in [9.17, 15) is 4.79 Å². The molecule has 132 valence electrons. The van der Waals surface area contributed by atoms with Crippen LogP contribution in [0.2, 0.25) is 0 Å². The zero-order valence-corrected chi connectivity index (χ0v) is 15.2. The Bertz CT molecular complexity index is 715. The van der Waals surface area contributed by atoms with Crippen LogP contribution < -0.4 is 14.8 Å². The summed E-state index contributed by atoms with van der Waals surface area (Å²) in [4.78, 5) is 13.6. The number of carbonyl (C=O) groups excluding carboxylic acids is 1. The molecule has 0 unspecified atom stereocenters. The molecule has 25 heavy (non-hydrogen) atoms. The van der Waals surface area contributed by atoms with Crippen molar-refractivity contribution in [3.8, 4) is 11.5 Å². The number of benzene rings is 2. The van der Waals surface area contributed by atoms with E-state index in [1.165, 1.54) is 17.7 Å². The maximum atomic E-state index is 12.3. The number of ketones is 1. The fourth-order valence-electron chi connectivity index (χ4n) is 2.54. The first-order valence-electron chi connectivity index (χ1n) is 8.66. The van der Waals surface area contributed by atoms with Gasteiger partial charge < -0.3 is 14.8 Å². The van der Waals surface area contributed by atoms with E-state index in [4.69, 9.17) is 9.47 Å². The minimum Gasteiger partial charge on any atom is -0.454 e. The van der Waals surface area contributed by atoms with E-state index in [1.54, 1.807) is 18.2 Å². The molecule has 0 aliphatic carbocycles. The van der Waals surface area contributed by atoms with E-state index in [0.717, 1.165) is 11.4 Å². The fraction of sp³-hybridized carbons (Fsp3) is 0.350. The first-order valence-corrected chi connectivity index (χ1v) is 9.64. The van der Waals surface area contributed by atoms with Crippen molar-refractivity contribution in [1.29, 1.82) is 0 Å². The number of hydrogen-bond acceptors (Lipinski definition) is 5. The first-order chi connectivity index (χ1) is 12.3. The Morgan fingerprint density at radius 3 is 2.72 bits per heavy atom. The molecular formula is C20H23NO3S. The highest BCUT2D eigenvalue weighted by molar-refractivity contribution is 7.99. The summed E-state index contributed by atoms with van der Waals surface area (Å²) in [6.45, 7) is 3.04. The lowest BCUT2D eigenvalue weighted by molar-refractivity contribution is 0.0986. The van der Waals surface area contributed by atoms with Gasteiger partial charge in [-0.3, -0.25) is 4.79 Å². The number of thioether (sulfide) groups is 1. The topological polar surface area (TPSA) is 47.6 Å². The van der Waals surface area contributed by atoms with E-state index >= 15 is 0 Å². The average molecular weight is 357 g/mol. The SMILES string of the molecule is CCCCSc1ccc(NCCC(=O)c2ccc3c(c2)OCO3)cc1. The number of ether oxygens (including phenoxy) is 2. The predicted molar refractivity (Wildman–Crippen MR) is 102 cm³/mol. The Morgan fingerprint density at radius 2 is 1.92 bits per heavy atom. The van der Waals surface area contributed by atoms with Crippen LogP contribution in [0.15, 0.2) is 47.4 Å². The van der Waals surface area contributed by atoms with E-state index in [1.807, 2.05) is 11.8 Å². The lowest BCUT2D eigenvalue weighted by Crippen LogP contribution is -2.08. The third-order valence-corrected chi connectivity index (χ3v) is 5.09. The molecule has 0 radical (unpaired) electrons. The van der Waals surface area contributed by atoms with Gasteiger partial charge in [-0.2, -0.15) is 0 Å². The second-order valence-electron chi connectivity index (χ2n) is 5.89. The summed E-state index contributed by atoms with van der Waals surface area (Å²) in [5.74, 6) is 2.60. The smallest absolute Gasteiger partial charge is 0.231 e. The first kappa shape index (κ1) is 17.7. The quantitative estimate of drug-likeness (QED) is 0.389. The van der Waals surface area contributed by atoms with Crippen molar-refractivity contribution < 1.29 is 14.3 Å². The van der Waals surface area contributed by atoms with Crippen LogP contribution in [0.4, 0.5) is 5.69 Å². The summed E-state index contributed by atoms with van der Waals surface area (Å²) in [6, 6.07) is 13.7. The van der Waals surface area contributed by atoms with Gasteiger partial charge in [-0.1, -0.05) is 13.3 Å². The Hall–Kier alpha value is -2.14. The average Bonchev–Trinajstić information content (AvgIpc) is 3.11. The monoisotopic (exact) mass is 357 g/mol. The number of nitrogens with one attached hydrogen (secondary N) is 1. The highest BCUT2D eigenvalue weighted by atomic mass is 32.2. The fourth-order valence-corrected chi connectivity index (χ4v) is 3.54. The number of hydrogen-bond donors (Lipinski definition) is 1. The van der Waals surface area contributed by atoms with Gasteiger partial charge >= 0.3 is 0 Å². The molecule has 0 aromatic heterocycles. The third-order valence-electron chi connectivity index (χ3n) is 4.00. The summed E-state index contributed by atoms with van der Waals surface area (Å²) in [7, 11) is 0. The summed E-state index contributed by atoms with van der Waals surface area (Å²) in [5.41, 5.74) is 1.70. The minimum absolute atomic E-state index is 0.0949. The molecule has 0 saturated carbocycles. The number of fused-ring (bicyclic) bond motifs is 1. The molecule has 3 rings (SSSR count). The van der Waals surface area contributed by atoms with Crippen LogP contribution in [0.5, 0.6) is 11.5 Å². The molecule has 4 nitrogen and oxygen atoms in total. The minimum atomic E-state index is 0.0949. The summed E-state index contributed by atoms with van der Waals surface area (Å²) < 4.78 is 10.6. The highest BCUT2D eigenvalue weighted by Gasteiger charge is 2.15. The van der Waals surface area contributed by atoms with Crippen molar-refractivity contribution in [2.45, 2.75) is 31.1 Å². The van der Waals surface area contributed by atoms with Crippen LogP contribution >= 0.6 is 11.8 Å². The number of anilines is 1. The molecule has 5 heteroatoms. The van der Waals surface area contributed by atoms with E-state index in [2.05, 4.69) is 36.5 Å². The van der Waals surface area contributed by atoms with Gasteiger partial charge in [-0.25, -0.2) is 0 Å². The van der Waals surface area contributed by atoms with Gasteiger partial charge in [0.15, 0.2) is 17.3 Å². The van der Waals surface area contributed by atoms with Crippen LogP contribution in [0.1, 0.15) is 36.5 Å². The summed E-state index contributed by atoms with van der Waals surface area (Å²) >= 11 is 1.89. The van der Waals surface area contributed by atoms with E-state index in [0.29, 0.717) is 30.0 Å². The Labute approximate surface area is 152 Å². The van der Waals surface area contributed by atoms with Crippen molar-refractivity contribution in [3.05, 3.63) is 48.0 Å². The van der Waals surface area contributed by atoms with Gasteiger partial charge in [-0.15, -0.1) is 11.8 Å². The molecule has 1 N–H and O–H groups in total. The second-order valence-corrected chi connectivity index (χ2v) is 7.06. The Morgan fingerprint density at radius 1 is 1.12 bits per heavy atom.